The van der Waals surface area contributed by atoms with Crippen molar-refractivity contribution in [3.63, 3.8) is 0 Å². The molecule has 0 bridgehead atoms. The van der Waals surface area contributed by atoms with Crippen LogP contribution in [-0.2, 0) is 6.42 Å². The van der Waals surface area contributed by atoms with E-state index in [9.17, 15) is 0 Å². The molecule has 1 aromatic heterocycles. The van der Waals surface area contributed by atoms with Gasteiger partial charge in [-0.1, -0.05) is 30.3 Å². The molecule has 1 N–H and O–H groups in total. The van der Waals surface area contributed by atoms with Gasteiger partial charge in [-0.3, -0.25) is 10.00 Å². The van der Waals surface area contributed by atoms with E-state index in [0.29, 0.717) is 6.04 Å². The first-order chi connectivity index (χ1) is 9.83. The van der Waals surface area contributed by atoms with Gasteiger partial charge < -0.3 is 0 Å². The highest BCUT2D eigenvalue weighted by molar-refractivity contribution is 5.78. The molecule has 0 radical (unpaired) electrons. The highest BCUT2D eigenvalue weighted by Gasteiger charge is 2.25. The summed E-state index contributed by atoms with van der Waals surface area (Å²) < 4.78 is 0. The Morgan fingerprint density at radius 3 is 3.05 bits per heavy atom. The molecule has 1 aliphatic heterocycles. The van der Waals surface area contributed by atoms with Gasteiger partial charge in [-0.05, 0) is 42.3 Å². The average Bonchev–Trinajstić information content (AvgIpc) is 2.94. The molecule has 2 aromatic carbocycles. The van der Waals surface area contributed by atoms with Crippen LogP contribution in [0.3, 0.4) is 0 Å². The fourth-order valence-electron chi connectivity index (χ4n) is 3.26. The largest absolute Gasteiger partial charge is 0.295 e. The lowest BCUT2D eigenvalue weighted by Crippen LogP contribution is -2.32. The van der Waals surface area contributed by atoms with E-state index in [1.54, 1.807) is 0 Å². The molecule has 3 heteroatoms. The Morgan fingerprint density at radius 2 is 2.10 bits per heavy atom. The SMILES string of the molecule is CN1CCc2ccccc2C1c1ccc2[nH]ncc2c1. The lowest BCUT2D eigenvalue weighted by Gasteiger charge is -2.35. The van der Waals surface area contributed by atoms with E-state index in [-0.39, 0.29) is 0 Å². The third-order valence-electron chi connectivity index (χ3n) is 4.30. The first-order valence-corrected chi connectivity index (χ1v) is 7.04. The molecular weight excluding hydrogens is 246 g/mol. The van der Waals surface area contributed by atoms with Crippen molar-refractivity contribution in [2.45, 2.75) is 12.5 Å². The predicted octanol–water partition coefficient (Wildman–Crippen LogP) is 3.14. The summed E-state index contributed by atoms with van der Waals surface area (Å²) >= 11 is 0. The number of hydrogen-bond acceptors (Lipinski definition) is 2. The second kappa shape index (κ2) is 4.46. The van der Waals surface area contributed by atoms with Crippen molar-refractivity contribution in [1.82, 2.24) is 15.1 Å². The van der Waals surface area contributed by atoms with Crippen LogP contribution in [0, 0.1) is 0 Å². The molecule has 1 unspecified atom stereocenters. The molecule has 0 spiro atoms. The van der Waals surface area contributed by atoms with Gasteiger partial charge in [0, 0.05) is 11.9 Å². The minimum atomic E-state index is 0.347. The Balaban J connectivity index is 1.87. The number of nitrogens with zero attached hydrogens (tertiary/aromatic N) is 2. The highest BCUT2D eigenvalue weighted by atomic mass is 15.1. The number of likely N-dealkylation sites (N-methyl/N-ethyl adjacent to an activating group) is 1. The molecule has 0 saturated heterocycles. The second-order valence-electron chi connectivity index (χ2n) is 5.55. The molecule has 20 heavy (non-hydrogen) atoms. The molecule has 4 rings (SSSR count). The van der Waals surface area contributed by atoms with Crippen LogP contribution in [0.25, 0.3) is 10.9 Å². The number of aromatic nitrogens is 2. The summed E-state index contributed by atoms with van der Waals surface area (Å²) in [6.07, 6.45) is 3.03. The summed E-state index contributed by atoms with van der Waals surface area (Å²) in [6.45, 7) is 1.10. The second-order valence-corrected chi connectivity index (χ2v) is 5.55. The summed E-state index contributed by atoms with van der Waals surface area (Å²) in [5.74, 6) is 0. The van der Waals surface area contributed by atoms with E-state index >= 15 is 0 Å². The molecule has 3 nitrogen and oxygen atoms in total. The molecule has 3 aromatic rings. The van der Waals surface area contributed by atoms with Gasteiger partial charge in [0.25, 0.3) is 0 Å². The molecule has 1 atom stereocenters. The van der Waals surface area contributed by atoms with Gasteiger partial charge in [0.2, 0.25) is 0 Å². The Bertz CT molecular complexity index is 760. The van der Waals surface area contributed by atoms with Gasteiger partial charge in [-0.25, -0.2) is 0 Å². The van der Waals surface area contributed by atoms with Crippen molar-refractivity contribution in [1.29, 1.82) is 0 Å². The number of benzene rings is 2. The van der Waals surface area contributed by atoms with E-state index < -0.39 is 0 Å². The van der Waals surface area contributed by atoms with E-state index in [4.69, 9.17) is 0 Å². The Kier molecular flexibility index (Phi) is 2.60. The zero-order chi connectivity index (χ0) is 13.5. The topological polar surface area (TPSA) is 31.9 Å². The standard InChI is InChI=1S/C17H17N3/c1-20-9-8-12-4-2-3-5-15(12)17(20)13-6-7-16-14(10-13)11-18-19-16/h2-7,10-11,17H,8-9H2,1H3,(H,18,19). The fraction of sp³-hybridized carbons (Fsp3) is 0.235. The van der Waals surface area contributed by atoms with Crippen molar-refractivity contribution in [2.75, 3.05) is 13.6 Å². The third kappa shape index (κ3) is 1.74. The Labute approximate surface area is 118 Å². The average molecular weight is 263 g/mol. The van der Waals surface area contributed by atoms with E-state index in [0.717, 1.165) is 18.5 Å². The molecule has 1 aliphatic rings. The van der Waals surface area contributed by atoms with Gasteiger partial charge in [-0.2, -0.15) is 5.10 Å². The van der Waals surface area contributed by atoms with Crippen LogP contribution in [0.4, 0.5) is 0 Å². The van der Waals surface area contributed by atoms with Gasteiger partial charge >= 0.3 is 0 Å². The van der Waals surface area contributed by atoms with Gasteiger partial charge in [0.05, 0.1) is 17.8 Å². The molecule has 100 valence electrons. The van der Waals surface area contributed by atoms with E-state index in [2.05, 4.69) is 64.6 Å². The van der Waals surface area contributed by atoms with Crippen molar-refractivity contribution in [2.24, 2.45) is 0 Å². The smallest absolute Gasteiger partial charge is 0.0650 e. The Morgan fingerprint density at radius 1 is 1.20 bits per heavy atom. The number of hydrogen-bond donors (Lipinski definition) is 1. The minimum absolute atomic E-state index is 0.347. The number of nitrogens with one attached hydrogen (secondary N) is 1. The van der Waals surface area contributed by atoms with Gasteiger partial charge in [-0.15, -0.1) is 0 Å². The zero-order valence-corrected chi connectivity index (χ0v) is 11.5. The number of aromatic amines is 1. The number of fused-ring (bicyclic) bond motifs is 2. The number of rotatable bonds is 1. The maximum Gasteiger partial charge on any atom is 0.0650 e. The summed E-state index contributed by atoms with van der Waals surface area (Å²) in [5.41, 5.74) is 5.35. The first-order valence-electron chi connectivity index (χ1n) is 7.04. The monoisotopic (exact) mass is 263 g/mol. The lowest BCUT2D eigenvalue weighted by atomic mass is 9.88. The lowest BCUT2D eigenvalue weighted by molar-refractivity contribution is 0.265. The van der Waals surface area contributed by atoms with Crippen molar-refractivity contribution in [3.8, 4) is 0 Å². The minimum Gasteiger partial charge on any atom is -0.295 e. The first kappa shape index (κ1) is 11.7. The maximum atomic E-state index is 4.11. The molecular formula is C17H17N3. The normalized spacial score (nSPS) is 19.1. The molecule has 0 amide bonds. The van der Waals surface area contributed by atoms with Crippen molar-refractivity contribution in [3.05, 3.63) is 65.4 Å². The van der Waals surface area contributed by atoms with Gasteiger partial charge in [0.1, 0.15) is 0 Å². The van der Waals surface area contributed by atoms with Crippen LogP contribution >= 0.6 is 0 Å². The summed E-state index contributed by atoms with van der Waals surface area (Å²) in [6, 6.07) is 15.7. The van der Waals surface area contributed by atoms with E-state index in [1.165, 1.54) is 22.1 Å². The Hall–Kier alpha value is -2.13. The highest BCUT2D eigenvalue weighted by Crippen LogP contribution is 2.34. The molecule has 0 aliphatic carbocycles. The summed E-state index contributed by atoms with van der Waals surface area (Å²) in [7, 11) is 2.21. The predicted molar refractivity (Wildman–Crippen MR) is 80.7 cm³/mol. The number of H-pyrrole nitrogens is 1. The van der Waals surface area contributed by atoms with Crippen LogP contribution in [0.5, 0.6) is 0 Å². The molecule has 0 fully saturated rings. The zero-order valence-electron chi connectivity index (χ0n) is 11.5. The van der Waals surface area contributed by atoms with Gasteiger partial charge in [0.15, 0.2) is 0 Å². The van der Waals surface area contributed by atoms with Crippen molar-refractivity contribution < 1.29 is 0 Å². The third-order valence-corrected chi connectivity index (χ3v) is 4.30. The van der Waals surface area contributed by atoms with Crippen LogP contribution in [0.1, 0.15) is 22.7 Å². The maximum absolute atomic E-state index is 4.11. The quantitative estimate of drug-likeness (QED) is 0.731. The van der Waals surface area contributed by atoms with E-state index in [1.807, 2.05) is 6.20 Å². The van der Waals surface area contributed by atoms with Crippen LogP contribution in [0.15, 0.2) is 48.7 Å². The van der Waals surface area contributed by atoms with Crippen LogP contribution < -0.4 is 0 Å². The fourth-order valence-corrected chi connectivity index (χ4v) is 3.26. The molecule has 2 heterocycles. The summed E-state index contributed by atoms with van der Waals surface area (Å²) in [5, 5.41) is 8.31. The molecule has 0 saturated carbocycles. The van der Waals surface area contributed by atoms with Crippen LogP contribution in [-0.4, -0.2) is 28.7 Å². The van der Waals surface area contributed by atoms with Crippen molar-refractivity contribution >= 4 is 10.9 Å². The van der Waals surface area contributed by atoms with Crippen LogP contribution in [0.2, 0.25) is 0 Å². The summed E-state index contributed by atoms with van der Waals surface area (Å²) in [4.78, 5) is 2.43.